The molecule has 1 atom stereocenters. The molecule has 0 bridgehead atoms. The molecular formula is C13H25IO5. The smallest absolute Gasteiger partial charge is 0.160 e. The number of hydrogen-bond acceptors (Lipinski definition) is 5. The number of carbonyl (C=O) groups excluding carboxylic acids is 1. The summed E-state index contributed by atoms with van der Waals surface area (Å²) in [5.41, 5.74) is 0. The molecule has 19 heavy (non-hydrogen) atoms. The van der Waals surface area contributed by atoms with E-state index in [2.05, 4.69) is 22.6 Å². The molecular weight excluding hydrogens is 363 g/mol. The molecule has 0 aromatic rings. The molecule has 0 aromatic heterocycles. The molecule has 0 radical (unpaired) electrons. The molecule has 0 rings (SSSR count). The maximum absolute atomic E-state index is 11.2. The van der Waals surface area contributed by atoms with Crippen LogP contribution in [0, 0.1) is 5.92 Å². The topological polar surface area (TPSA) is 54.0 Å². The lowest BCUT2D eigenvalue weighted by Gasteiger charge is -2.08. The minimum atomic E-state index is 0.0294. The first kappa shape index (κ1) is 19.2. The van der Waals surface area contributed by atoms with Crippen molar-refractivity contribution in [1.82, 2.24) is 0 Å². The van der Waals surface area contributed by atoms with E-state index in [1.165, 1.54) is 0 Å². The van der Waals surface area contributed by atoms with Gasteiger partial charge in [-0.1, -0.05) is 36.4 Å². The summed E-state index contributed by atoms with van der Waals surface area (Å²) in [7, 11) is 0. The minimum absolute atomic E-state index is 0.0294. The second-order valence-corrected chi connectivity index (χ2v) is 6.07. The minimum Gasteiger partial charge on any atom is -0.377 e. The van der Waals surface area contributed by atoms with Crippen LogP contribution >= 0.6 is 22.6 Å². The summed E-state index contributed by atoms with van der Waals surface area (Å²) in [4.78, 5) is 11.2. The zero-order valence-corrected chi connectivity index (χ0v) is 14.2. The second kappa shape index (κ2) is 13.2. The number of Topliss-reactive ketones (excluding diaryl/α,β-unsaturated/α-hetero) is 1. The molecule has 0 spiro atoms. The summed E-state index contributed by atoms with van der Waals surface area (Å²) in [6.45, 7) is 9.05. The van der Waals surface area contributed by atoms with Crippen molar-refractivity contribution in [3.63, 3.8) is 0 Å². The third-order valence-electron chi connectivity index (χ3n) is 2.21. The van der Waals surface area contributed by atoms with Gasteiger partial charge in [-0.2, -0.15) is 0 Å². The summed E-state index contributed by atoms with van der Waals surface area (Å²) in [5, 5.41) is 0. The van der Waals surface area contributed by atoms with Crippen molar-refractivity contribution in [2.24, 2.45) is 5.92 Å². The normalized spacial score (nSPS) is 12.9. The Hall–Kier alpha value is 0.240. The molecule has 0 aliphatic rings. The van der Waals surface area contributed by atoms with E-state index in [9.17, 15) is 4.79 Å². The number of rotatable bonds is 13. The van der Waals surface area contributed by atoms with Gasteiger partial charge in [0.2, 0.25) is 0 Å². The Morgan fingerprint density at radius 2 is 1.37 bits per heavy atom. The highest BCUT2D eigenvalue weighted by Gasteiger charge is 2.06. The lowest BCUT2D eigenvalue weighted by atomic mass is 10.1. The Morgan fingerprint density at radius 1 is 0.895 bits per heavy atom. The molecule has 0 fully saturated rings. The fourth-order valence-corrected chi connectivity index (χ4v) is 1.30. The van der Waals surface area contributed by atoms with E-state index in [-0.39, 0.29) is 22.4 Å². The lowest BCUT2D eigenvalue weighted by Crippen LogP contribution is -2.17. The Labute approximate surface area is 129 Å². The molecule has 0 aromatic carbocycles. The van der Waals surface area contributed by atoms with E-state index < -0.39 is 0 Å². The largest absolute Gasteiger partial charge is 0.377 e. The molecule has 0 saturated heterocycles. The first-order chi connectivity index (χ1) is 9.04. The van der Waals surface area contributed by atoms with Crippen LogP contribution in [0.1, 0.15) is 20.8 Å². The first-order valence-electron chi connectivity index (χ1n) is 6.55. The van der Waals surface area contributed by atoms with Crippen LogP contribution in [0.3, 0.4) is 0 Å². The standard InChI is InChI=1S/C13H25IO5/c1-11(2)13(15)10-18-7-6-16-4-5-17-8-9-19-12(3)14/h11-12H,4-10H2,1-3H3. The van der Waals surface area contributed by atoms with Crippen LogP contribution < -0.4 is 0 Å². The lowest BCUT2D eigenvalue weighted by molar-refractivity contribution is -0.127. The van der Waals surface area contributed by atoms with Crippen LogP contribution in [-0.4, -0.2) is 56.1 Å². The van der Waals surface area contributed by atoms with E-state index in [4.69, 9.17) is 18.9 Å². The quantitative estimate of drug-likeness (QED) is 0.275. The van der Waals surface area contributed by atoms with E-state index >= 15 is 0 Å². The van der Waals surface area contributed by atoms with Crippen LogP contribution in [0.4, 0.5) is 0 Å². The molecule has 0 aliphatic carbocycles. The van der Waals surface area contributed by atoms with Gasteiger partial charge in [0.05, 0.1) is 39.6 Å². The van der Waals surface area contributed by atoms with Gasteiger partial charge in [0, 0.05) is 5.92 Å². The van der Waals surface area contributed by atoms with Gasteiger partial charge in [-0.15, -0.1) is 0 Å². The molecule has 0 heterocycles. The average molecular weight is 388 g/mol. The van der Waals surface area contributed by atoms with E-state index in [0.29, 0.717) is 39.6 Å². The summed E-state index contributed by atoms with van der Waals surface area (Å²) in [5.74, 6) is 0.148. The molecule has 0 aliphatic heterocycles. The van der Waals surface area contributed by atoms with Crippen LogP contribution in [0.25, 0.3) is 0 Å². The molecule has 0 amide bonds. The number of halogens is 1. The van der Waals surface area contributed by atoms with Crippen molar-refractivity contribution in [3.8, 4) is 0 Å². The van der Waals surface area contributed by atoms with Crippen LogP contribution in [0.2, 0.25) is 0 Å². The highest BCUT2D eigenvalue weighted by molar-refractivity contribution is 14.1. The molecule has 6 heteroatoms. The van der Waals surface area contributed by atoms with Crippen LogP contribution in [0.15, 0.2) is 0 Å². The van der Waals surface area contributed by atoms with Gasteiger partial charge >= 0.3 is 0 Å². The Bertz CT molecular complexity index is 221. The van der Waals surface area contributed by atoms with Crippen molar-refractivity contribution in [2.45, 2.75) is 24.9 Å². The first-order valence-corrected chi connectivity index (χ1v) is 7.80. The number of carbonyl (C=O) groups is 1. The van der Waals surface area contributed by atoms with Gasteiger partial charge in [-0.05, 0) is 6.92 Å². The number of ether oxygens (including phenoxy) is 4. The van der Waals surface area contributed by atoms with Crippen molar-refractivity contribution in [3.05, 3.63) is 0 Å². The summed E-state index contributed by atoms with van der Waals surface area (Å²) >= 11 is 2.20. The summed E-state index contributed by atoms with van der Waals surface area (Å²) in [6.07, 6.45) is 0. The van der Waals surface area contributed by atoms with Gasteiger partial charge in [0.15, 0.2) is 5.78 Å². The predicted octanol–water partition coefficient (Wildman–Crippen LogP) is 2.06. The van der Waals surface area contributed by atoms with Gasteiger partial charge in [-0.3, -0.25) is 4.79 Å². The van der Waals surface area contributed by atoms with Gasteiger partial charge < -0.3 is 18.9 Å². The van der Waals surface area contributed by atoms with E-state index in [1.807, 2.05) is 20.8 Å². The monoisotopic (exact) mass is 388 g/mol. The fourth-order valence-electron chi connectivity index (χ4n) is 1.05. The van der Waals surface area contributed by atoms with Crippen LogP contribution in [0.5, 0.6) is 0 Å². The second-order valence-electron chi connectivity index (χ2n) is 4.31. The van der Waals surface area contributed by atoms with E-state index in [0.717, 1.165) is 0 Å². The Balaban J connectivity index is 3.09. The highest BCUT2D eigenvalue weighted by Crippen LogP contribution is 1.99. The van der Waals surface area contributed by atoms with Crippen molar-refractivity contribution in [1.29, 1.82) is 0 Å². The number of alkyl halides is 1. The molecule has 0 saturated carbocycles. The number of hydrogen-bond donors (Lipinski definition) is 0. The maximum Gasteiger partial charge on any atom is 0.160 e. The van der Waals surface area contributed by atoms with Crippen molar-refractivity contribution >= 4 is 28.4 Å². The average Bonchev–Trinajstić information content (AvgIpc) is 2.35. The van der Waals surface area contributed by atoms with Crippen molar-refractivity contribution < 1.29 is 23.7 Å². The molecule has 5 nitrogen and oxygen atoms in total. The highest BCUT2D eigenvalue weighted by atomic mass is 127. The fraction of sp³-hybridized carbons (Fsp3) is 0.923. The summed E-state index contributed by atoms with van der Waals surface area (Å²) in [6, 6.07) is 0. The Kier molecular flexibility index (Phi) is 13.4. The molecule has 0 N–H and O–H groups in total. The maximum atomic E-state index is 11.2. The van der Waals surface area contributed by atoms with Gasteiger partial charge in [0.1, 0.15) is 10.7 Å². The molecule has 114 valence electrons. The Morgan fingerprint density at radius 3 is 1.84 bits per heavy atom. The number of ketones is 1. The van der Waals surface area contributed by atoms with Gasteiger partial charge in [-0.25, -0.2) is 0 Å². The zero-order chi connectivity index (χ0) is 14.5. The zero-order valence-electron chi connectivity index (χ0n) is 12.0. The van der Waals surface area contributed by atoms with Gasteiger partial charge in [0.25, 0.3) is 0 Å². The SMILES string of the molecule is CC(I)OCCOCCOCCOCC(=O)C(C)C. The van der Waals surface area contributed by atoms with Crippen molar-refractivity contribution in [2.75, 3.05) is 46.2 Å². The van der Waals surface area contributed by atoms with E-state index in [1.54, 1.807) is 0 Å². The summed E-state index contributed by atoms with van der Waals surface area (Å²) < 4.78 is 21.3. The third kappa shape index (κ3) is 14.5. The third-order valence-corrected chi connectivity index (χ3v) is 2.57. The predicted molar refractivity (Wildman–Crippen MR) is 81.7 cm³/mol. The van der Waals surface area contributed by atoms with Crippen LogP contribution in [-0.2, 0) is 23.7 Å². The molecule has 1 unspecified atom stereocenters.